The van der Waals surface area contributed by atoms with Crippen molar-refractivity contribution in [3.05, 3.63) is 0 Å². The summed E-state index contributed by atoms with van der Waals surface area (Å²) >= 11 is 0. The van der Waals surface area contributed by atoms with Crippen LogP contribution in [0.5, 0.6) is 0 Å². The average molecular weight is 169 g/mol. The molecule has 12 heavy (non-hydrogen) atoms. The van der Waals surface area contributed by atoms with Crippen molar-refractivity contribution in [3.8, 4) is 0 Å². The van der Waals surface area contributed by atoms with Crippen molar-refractivity contribution >= 4 is 5.84 Å². The van der Waals surface area contributed by atoms with Crippen LogP contribution in [0.15, 0.2) is 5.10 Å². The quantitative estimate of drug-likeness (QED) is 0.284. The van der Waals surface area contributed by atoms with Gasteiger partial charge in [0.05, 0.1) is 0 Å². The summed E-state index contributed by atoms with van der Waals surface area (Å²) in [6.07, 6.45) is 6.22. The molecule has 0 unspecified atom stereocenters. The number of nitrogens with two attached hydrogens (primary N) is 2. The van der Waals surface area contributed by atoms with E-state index in [-0.39, 0.29) is 0 Å². The Morgan fingerprint density at radius 2 is 1.92 bits per heavy atom. The molecule has 0 saturated heterocycles. The molecular weight excluding hydrogens is 150 g/mol. The van der Waals surface area contributed by atoms with Gasteiger partial charge in [-0.1, -0.05) is 13.3 Å². The third kappa shape index (κ3) is 2.13. The van der Waals surface area contributed by atoms with Gasteiger partial charge in [-0.15, -0.1) is 0 Å². The van der Waals surface area contributed by atoms with Crippen LogP contribution in [0.4, 0.5) is 0 Å². The Labute approximate surface area is 74.2 Å². The van der Waals surface area contributed by atoms with Gasteiger partial charge in [0.25, 0.3) is 0 Å². The molecule has 0 bridgehead atoms. The number of rotatable bonds is 2. The van der Waals surface area contributed by atoms with Gasteiger partial charge in [0.1, 0.15) is 5.84 Å². The Bertz CT molecular complexity index is 157. The zero-order valence-electron chi connectivity index (χ0n) is 7.79. The Kier molecular flexibility index (Phi) is 3.38. The molecule has 0 aromatic carbocycles. The fourth-order valence-electron chi connectivity index (χ4n) is 1.97. The molecule has 3 heteroatoms. The molecule has 1 rings (SSSR count). The summed E-state index contributed by atoms with van der Waals surface area (Å²) in [4.78, 5) is 0. The molecule has 0 radical (unpaired) electrons. The van der Waals surface area contributed by atoms with E-state index in [1.807, 2.05) is 0 Å². The Morgan fingerprint density at radius 3 is 2.33 bits per heavy atom. The lowest BCUT2D eigenvalue weighted by Crippen LogP contribution is -2.28. The highest BCUT2D eigenvalue weighted by atomic mass is 15.2. The van der Waals surface area contributed by atoms with E-state index in [1.54, 1.807) is 0 Å². The Hall–Kier alpha value is -0.730. The van der Waals surface area contributed by atoms with Crippen molar-refractivity contribution in [1.82, 2.24) is 0 Å². The summed E-state index contributed by atoms with van der Waals surface area (Å²) in [5.41, 5.74) is 5.66. The van der Waals surface area contributed by atoms with Gasteiger partial charge in [0, 0.05) is 5.92 Å². The van der Waals surface area contributed by atoms with Crippen LogP contribution in [0.1, 0.15) is 39.0 Å². The predicted octanol–water partition coefficient (Wildman–Crippen LogP) is 1.43. The number of hydrogen-bond donors (Lipinski definition) is 2. The Morgan fingerprint density at radius 1 is 1.33 bits per heavy atom. The highest BCUT2D eigenvalue weighted by molar-refractivity contribution is 5.82. The zero-order chi connectivity index (χ0) is 8.97. The predicted molar refractivity (Wildman–Crippen MR) is 51.5 cm³/mol. The molecule has 4 N–H and O–H groups in total. The van der Waals surface area contributed by atoms with Gasteiger partial charge in [0.15, 0.2) is 0 Å². The smallest absolute Gasteiger partial charge is 0.122 e. The van der Waals surface area contributed by atoms with E-state index >= 15 is 0 Å². The molecule has 1 aliphatic carbocycles. The van der Waals surface area contributed by atoms with Crippen molar-refractivity contribution in [3.63, 3.8) is 0 Å². The first kappa shape index (κ1) is 9.36. The van der Waals surface area contributed by atoms with Crippen molar-refractivity contribution in [2.75, 3.05) is 0 Å². The number of hydrazone groups is 1. The molecule has 0 aromatic heterocycles. The molecule has 70 valence electrons. The standard InChI is InChI=1S/C9H19N3/c1-2-7-3-5-8(6-4-7)9(10)12-11/h7-8H,2-6,11H2,1H3,(H2,10,12). The third-order valence-corrected chi connectivity index (χ3v) is 2.99. The minimum absolute atomic E-state index is 0.456. The van der Waals surface area contributed by atoms with Crippen LogP contribution in [0.2, 0.25) is 0 Å². The lowest BCUT2D eigenvalue weighted by Gasteiger charge is -2.26. The van der Waals surface area contributed by atoms with Gasteiger partial charge in [-0.3, -0.25) is 0 Å². The normalized spacial score (nSPS) is 31.9. The molecule has 0 amide bonds. The number of amidine groups is 1. The summed E-state index contributed by atoms with van der Waals surface area (Å²) in [6.45, 7) is 2.26. The Balaban J connectivity index is 2.36. The summed E-state index contributed by atoms with van der Waals surface area (Å²) in [6, 6.07) is 0. The van der Waals surface area contributed by atoms with E-state index in [0.29, 0.717) is 11.8 Å². The average Bonchev–Trinajstić information content (AvgIpc) is 2.17. The van der Waals surface area contributed by atoms with E-state index in [2.05, 4.69) is 12.0 Å². The fraction of sp³-hybridized carbons (Fsp3) is 0.889. The first-order valence-corrected chi connectivity index (χ1v) is 4.81. The molecule has 3 nitrogen and oxygen atoms in total. The number of hydrogen-bond acceptors (Lipinski definition) is 2. The summed E-state index contributed by atoms with van der Waals surface area (Å²) in [7, 11) is 0. The van der Waals surface area contributed by atoms with E-state index in [9.17, 15) is 0 Å². The van der Waals surface area contributed by atoms with Gasteiger partial charge in [-0.25, -0.2) is 0 Å². The molecule has 1 fully saturated rings. The molecule has 0 heterocycles. The SMILES string of the molecule is CCC1CCC(/C(N)=N/N)CC1. The second kappa shape index (κ2) is 4.33. The maximum atomic E-state index is 5.66. The van der Waals surface area contributed by atoms with Crippen molar-refractivity contribution in [2.24, 2.45) is 28.5 Å². The van der Waals surface area contributed by atoms with E-state index in [1.165, 1.54) is 32.1 Å². The fourth-order valence-corrected chi connectivity index (χ4v) is 1.97. The summed E-state index contributed by atoms with van der Waals surface area (Å²) in [5, 5.41) is 3.56. The van der Waals surface area contributed by atoms with Crippen LogP contribution in [-0.2, 0) is 0 Å². The molecule has 0 aliphatic heterocycles. The molecule has 1 saturated carbocycles. The molecule has 0 aromatic rings. The second-order valence-corrected chi connectivity index (χ2v) is 3.68. The first-order valence-electron chi connectivity index (χ1n) is 4.81. The van der Waals surface area contributed by atoms with E-state index in [0.717, 1.165) is 5.92 Å². The molecule has 1 aliphatic rings. The van der Waals surface area contributed by atoms with E-state index < -0.39 is 0 Å². The van der Waals surface area contributed by atoms with Gasteiger partial charge >= 0.3 is 0 Å². The van der Waals surface area contributed by atoms with Gasteiger partial charge < -0.3 is 11.6 Å². The first-order chi connectivity index (χ1) is 5.77. The minimum Gasteiger partial charge on any atom is -0.386 e. The van der Waals surface area contributed by atoms with Gasteiger partial charge in [0.2, 0.25) is 0 Å². The maximum Gasteiger partial charge on any atom is 0.122 e. The lowest BCUT2D eigenvalue weighted by molar-refractivity contribution is 0.313. The monoisotopic (exact) mass is 169 g/mol. The van der Waals surface area contributed by atoms with E-state index in [4.69, 9.17) is 11.6 Å². The van der Waals surface area contributed by atoms with Gasteiger partial charge in [-0.2, -0.15) is 5.10 Å². The second-order valence-electron chi connectivity index (χ2n) is 3.68. The highest BCUT2D eigenvalue weighted by Gasteiger charge is 2.22. The van der Waals surface area contributed by atoms with Gasteiger partial charge in [-0.05, 0) is 31.6 Å². The summed E-state index contributed by atoms with van der Waals surface area (Å²) in [5.74, 6) is 7.14. The molecular formula is C9H19N3. The van der Waals surface area contributed by atoms with Crippen LogP contribution >= 0.6 is 0 Å². The third-order valence-electron chi connectivity index (χ3n) is 2.99. The topological polar surface area (TPSA) is 64.4 Å². The van der Waals surface area contributed by atoms with Crippen LogP contribution in [-0.4, -0.2) is 5.84 Å². The van der Waals surface area contributed by atoms with Crippen LogP contribution < -0.4 is 11.6 Å². The zero-order valence-corrected chi connectivity index (χ0v) is 7.79. The molecule has 0 spiro atoms. The van der Waals surface area contributed by atoms with Crippen molar-refractivity contribution < 1.29 is 0 Å². The van der Waals surface area contributed by atoms with Crippen LogP contribution in [0, 0.1) is 11.8 Å². The van der Waals surface area contributed by atoms with Crippen molar-refractivity contribution in [2.45, 2.75) is 39.0 Å². The number of nitrogens with zero attached hydrogens (tertiary/aromatic N) is 1. The largest absolute Gasteiger partial charge is 0.386 e. The van der Waals surface area contributed by atoms with Crippen LogP contribution in [0.25, 0.3) is 0 Å². The minimum atomic E-state index is 0.456. The maximum absolute atomic E-state index is 5.66. The van der Waals surface area contributed by atoms with Crippen LogP contribution in [0.3, 0.4) is 0 Å². The highest BCUT2D eigenvalue weighted by Crippen LogP contribution is 2.30. The summed E-state index contributed by atoms with van der Waals surface area (Å²) < 4.78 is 0. The molecule has 0 atom stereocenters. The van der Waals surface area contributed by atoms with Crippen molar-refractivity contribution in [1.29, 1.82) is 0 Å². The lowest BCUT2D eigenvalue weighted by atomic mass is 9.80.